The van der Waals surface area contributed by atoms with Crippen molar-refractivity contribution in [2.75, 3.05) is 13.1 Å². The van der Waals surface area contributed by atoms with Gasteiger partial charge in [0, 0.05) is 31.2 Å². The maximum atomic E-state index is 12.3. The van der Waals surface area contributed by atoms with E-state index in [0.29, 0.717) is 11.1 Å². The van der Waals surface area contributed by atoms with Crippen LogP contribution in [0.15, 0.2) is 54.6 Å². The molecule has 1 N–H and O–H groups in total. The number of amides is 1. The van der Waals surface area contributed by atoms with E-state index in [1.54, 1.807) is 24.3 Å². The molecular formula is C20H21N3O. The molecule has 4 nitrogen and oxygen atoms in total. The van der Waals surface area contributed by atoms with Gasteiger partial charge < -0.3 is 5.32 Å². The molecule has 24 heavy (non-hydrogen) atoms. The fourth-order valence-corrected chi connectivity index (χ4v) is 3.08. The Kier molecular flexibility index (Phi) is 5.25. The lowest BCUT2D eigenvalue weighted by molar-refractivity contribution is 0.0909. The van der Waals surface area contributed by atoms with Gasteiger partial charge in [-0.1, -0.05) is 36.4 Å². The summed E-state index contributed by atoms with van der Waals surface area (Å²) in [6, 6.07) is 19.6. The average Bonchev–Trinajstić information content (AvgIpc) is 2.64. The molecule has 0 unspecified atom stereocenters. The molecule has 0 aliphatic carbocycles. The number of nitrogens with one attached hydrogen (secondary N) is 1. The Morgan fingerprint density at radius 1 is 1.12 bits per heavy atom. The van der Waals surface area contributed by atoms with Gasteiger partial charge in [-0.25, -0.2) is 0 Å². The van der Waals surface area contributed by atoms with Gasteiger partial charge >= 0.3 is 0 Å². The summed E-state index contributed by atoms with van der Waals surface area (Å²) in [4.78, 5) is 14.7. The Labute approximate surface area is 142 Å². The zero-order chi connectivity index (χ0) is 16.8. The molecule has 0 aromatic heterocycles. The highest BCUT2D eigenvalue weighted by atomic mass is 16.1. The van der Waals surface area contributed by atoms with Gasteiger partial charge in [-0.2, -0.15) is 5.26 Å². The van der Waals surface area contributed by atoms with Crippen LogP contribution in [-0.4, -0.2) is 29.9 Å². The molecule has 2 aromatic rings. The fraction of sp³-hybridized carbons (Fsp3) is 0.300. The second kappa shape index (κ2) is 7.76. The summed E-state index contributed by atoms with van der Waals surface area (Å²) in [6.07, 6.45) is 1.91. The van der Waals surface area contributed by atoms with Crippen LogP contribution >= 0.6 is 0 Å². The van der Waals surface area contributed by atoms with Gasteiger partial charge in [-0.3, -0.25) is 9.69 Å². The van der Waals surface area contributed by atoms with Crippen LogP contribution in [-0.2, 0) is 6.54 Å². The Morgan fingerprint density at radius 2 is 1.88 bits per heavy atom. The van der Waals surface area contributed by atoms with Crippen molar-refractivity contribution in [2.45, 2.75) is 25.4 Å². The Hall–Kier alpha value is -2.64. The van der Waals surface area contributed by atoms with Crippen molar-refractivity contribution in [3.63, 3.8) is 0 Å². The van der Waals surface area contributed by atoms with E-state index in [-0.39, 0.29) is 11.9 Å². The van der Waals surface area contributed by atoms with Crippen LogP contribution in [0.4, 0.5) is 0 Å². The van der Waals surface area contributed by atoms with Crippen molar-refractivity contribution < 1.29 is 4.79 Å². The van der Waals surface area contributed by atoms with E-state index in [2.05, 4.69) is 40.6 Å². The Morgan fingerprint density at radius 3 is 2.58 bits per heavy atom. The monoisotopic (exact) mass is 319 g/mol. The summed E-state index contributed by atoms with van der Waals surface area (Å²) in [5.41, 5.74) is 2.40. The molecule has 4 heteroatoms. The number of benzene rings is 2. The van der Waals surface area contributed by atoms with Crippen LogP contribution in [0.1, 0.15) is 34.3 Å². The van der Waals surface area contributed by atoms with Crippen LogP contribution in [0.5, 0.6) is 0 Å². The summed E-state index contributed by atoms with van der Waals surface area (Å²) >= 11 is 0. The van der Waals surface area contributed by atoms with Crippen molar-refractivity contribution >= 4 is 5.91 Å². The lowest BCUT2D eigenvalue weighted by Gasteiger charge is -2.32. The average molecular weight is 319 g/mol. The van der Waals surface area contributed by atoms with E-state index in [0.717, 1.165) is 32.5 Å². The number of nitriles is 1. The first-order valence-corrected chi connectivity index (χ1v) is 8.32. The number of nitrogens with zero attached hydrogens (tertiary/aromatic N) is 2. The third kappa shape index (κ3) is 4.21. The van der Waals surface area contributed by atoms with Gasteiger partial charge in [0.1, 0.15) is 0 Å². The van der Waals surface area contributed by atoms with Gasteiger partial charge in [-0.15, -0.1) is 0 Å². The molecule has 1 amide bonds. The maximum absolute atomic E-state index is 12.3. The highest BCUT2D eigenvalue weighted by molar-refractivity contribution is 5.94. The van der Waals surface area contributed by atoms with Crippen molar-refractivity contribution in [3.8, 4) is 6.07 Å². The summed E-state index contributed by atoms with van der Waals surface area (Å²) in [5, 5.41) is 12.0. The van der Waals surface area contributed by atoms with Gasteiger partial charge in [0.25, 0.3) is 5.91 Å². The van der Waals surface area contributed by atoms with E-state index in [1.165, 1.54) is 5.56 Å². The standard InChI is InChI=1S/C20H21N3O/c21-14-17-7-4-8-18(13-17)20(24)22-19-9-11-23(12-10-19)15-16-5-2-1-3-6-16/h1-8,13,19H,9-12,15H2,(H,22,24). The molecule has 1 saturated heterocycles. The van der Waals surface area contributed by atoms with E-state index in [9.17, 15) is 4.79 Å². The van der Waals surface area contributed by atoms with Crippen LogP contribution < -0.4 is 5.32 Å². The molecule has 1 aliphatic rings. The molecule has 1 aliphatic heterocycles. The van der Waals surface area contributed by atoms with Crippen molar-refractivity contribution in [3.05, 3.63) is 71.3 Å². The number of carbonyl (C=O) groups is 1. The highest BCUT2D eigenvalue weighted by Crippen LogP contribution is 2.14. The predicted octanol–water partition coefficient (Wildman–Crippen LogP) is 2.95. The first kappa shape index (κ1) is 16.2. The number of carbonyl (C=O) groups excluding carboxylic acids is 1. The third-order valence-electron chi connectivity index (χ3n) is 4.43. The molecule has 0 radical (unpaired) electrons. The largest absolute Gasteiger partial charge is 0.349 e. The van der Waals surface area contributed by atoms with E-state index >= 15 is 0 Å². The molecule has 0 bridgehead atoms. The van der Waals surface area contributed by atoms with E-state index in [4.69, 9.17) is 5.26 Å². The molecule has 1 heterocycles. The molecule has 0 spiro atoms. The first-order valence-electron chi connectivity index (χ1n) is 8.32. The SMILES string of the molecule is N#Cc1cccc(C(=O)NC2CCN(Cc3ccccc3)CC2)c1. The third-order valence-corrected chi connectivity index (χ3v) is 4.43. The van der Waals surface area contributed by atoms with Crippen LogP contribution in [0.3, 0.4) is 0 Å². The minimum atomic E-state index is -0.0893. The minimum absolute atomic E-state index is 0.0893. The smallest absolute Gasteiger partial charge is 0.251 e. The summed E-state index contributed by atoms with van der Waals surface area (Å²) < 4.78 is 0. The fourth-order valence-electron chi connectivity index (χ4n) is 3.08. The van der Waals surface area contributed by atoms with Crippen LogP contribution in [0, 0.1) is 11.3 Å². The minimum Gasteiger partial charge on any atom is -0.349 e. The zero-order valence-corrected chi connectivity index (χ0v) is 13.6. The second-order valence-corrected chi connectivity index (χ2v) is 6.20. The summed E-state index contributed by atoms with van der Waals surface area (Å²) in [6.45, 7) is 2.93. The van der Waals surface area contributed by atoms with Gasteiger partial charge in [0.15, 0.2) is 0 Å². The molecular weight excluding hydrogens is 298 g/mol. The number of piperidine rings is 1. The van der Waals surface area contributed by atoms with Crippen LogP contribution in [0.2, 0.25) is 0 Å². The molecule has 2 aromatic carbocycles. The Bertz CT molecular complexity index is 728. The Balaban J connectivity index is 1.50. The number of likely N-dealkylation sites (tertiary alicyclic amines) is 1. The number of hydrogen-bond donors (Lipinski definition) is 1. The summed E-state index contributed by atoms with van der Waals surface area (Å²) in [7, 11) is 0. The quantitative estimate of drug-likeness (QED) is 0.942. The van der Waals surface area contributed by atoms with Gasteiger partial charge in [-0.05, 0) is 36.6 Å². The highest BCUT2D eigenvalue weighted by Gasteiger charge is 2.21. The summed E-state index contributed by atoms with van der Waals surface area (Å²) in [5.74, 6) is -0.0893. The molecule has 0 atom stereocenters. The lowest BCUT2D eigenvalue weighted by Crippen LogP contribution is -2.44. The first-order chi connectivity index (χ1) is 11.7. The number of hydrogen-bond acceptors (Lipinski definition) is 3. The lowest BCUT2D eigenvalue weighted by atomic mass is 10.0. The van der Waals surface area contributed by atoms with Crippen molar-refractivity contribution in [2.24, 2.45) is 0 Å². The predicted molar refractivity (Wildman–Crippen MR) is 93.4 cm³/mol. The van der Waals surface area contributed by atoms with Crippen molar-refractivity contribution in [1.82, 2.24) is 10.2 Å². The zero-order valence-electron chi connectivity index (χ0n) is 13.6. The molecule has 3 rings (SSSR count). The topological polar surface area (TPSA) is 56.1 Å². The molecule has 1 fully saturated rings. The van der Waals surface area contributed by atoms with Gasteiger partial charge in [0.05, 0.1) is 11.6 Å². The normalized spacial score (nSPS) is 15.6. The van der Waals surface area contributed by atoms with E-state index < -0.39 is 0 Å². The second-order valence-electron chi connectivity index (χ2n) is 6.20. The van der Waals surface area contributed by atoms with Crippen LogP contribution in [0.25, 0.3) is 0 Å². The maximum Gasteiger partial charge on any atom is 0.251 e. The van der Waals surface area contributed by atoms with Gasteiger partial charge in [0.2, 0.25) is 0 Å². The number of rotatable bonds is 4. The van der Waals surface area contributed by atoms with Crippen molar-refractivity contribution in [1.29, 1.82) is 5.26 Å². The molecule has 0 saturated carbocycles. The molecule has 122 valence electrons. The van der Waals surface area contributed by atoms with E-state index in [1.807, 2.05) is 6.07 Å².